The van der Waals surface area contributed by atoms with Crippen LogP contribution in [0.3, 0.4) is 0 Å². The van der Waals surface area contributed by atoms with Crippen molar-refractivity contribution in [2.75, 3.05) is 20.1 Å². The summed E-state index contributed by atoms with van der Waals surface area (Å²) in [7, 11) is -2.22. The summed E-state index contributed by atoms with van der Waals surface area (Å²) < 4.78 is 27.5. The first-order valence-electron chi connectivity index (χ1n) is 11.2. The highest BCUT2D eigenvalue weighted by atomic mass is 32.2. The van der Waals surface area contributed by atoms with Crippen LogP contribution in [0.25, 0.3) is 5.57 Å². The third-order valence-corrected chi connectivity index (χ3v) is 6.40. The zero-order valence-electron chi connectivity index (χ0n) is 19.7. The first kappa shape index (κ1) is 25.5. The van der Waals surface area contributed by atoms with Gasteiger partial charge < -0.3 is 4.90 Å². The number of piperidine rings is 1. The lowest BCUT2D eigenvalue weighted by Crippen LogP contribution is -2.46. The third-order valence-electron chi connectivity index (χ3n) is 5.93. The standard InChI is InChI=1S/C24H32N6O3S/c1-4-20(15-21(5-2)27-34(25,32)33)23-17-30(18-26-23)24(31)28(3)22-11-13-29(14-12-22)16-19-9-7-6-8-10-19/h5-10,15,17-18,22H,2,4,11-14,16H2,1,3H3,(H2,25,32,33)/b20-15+,27-21?. The van der Waals surface area contributed by atoms with Gasteiger partial charge in [-0.25, -0.2) is 14.9 Å². The van der Waals surface area contributed by atoms with Crippen molar-refractivity contribution in [3.05, 3.63) is 72.8 Å². The molecule has 1 aromatic carbocycles. The molecule has 9 nitrogen and oxygen atoms in total. The molecule has 1 aliphatic rings. The smallest absolute Gasteiger partial charge is 0.324 e. The maximum absolute atomic E-state index is 13.1. The highest BCUT2D eigenvalue weighted by Gasteiger charge is 2.26. The van der Waals surface area contributed by atoms with Crippen LogP contribution in [0.1, 0.15) is 37.4 Å². The summed E-state index contributed by atoms with van der Waals surface area (Å²) >= 11 is 0. The number of carbonyl (C=O) groups is 1. The number of hydrogen-bond acceptors (Lipinski definition) is 5. The van der Waals surface area contributed by atoms with Crippen LogP contribution in [-0.2, 0) is 16.8 Å². The van der Waals surface area contributed by atoms with E-state index >= 15 is 0 Å². The molecule has 2 heterocycles. The van der Waals surface area contributed by atoms with E-state index < -0.39 is 10.2 Å². The Hall–Kier alpha value is -3.08. The fourth-order valence-corrected chi connectivity index (χ4v) is 4.46. The SMILES string of the molecule is C=CC(/C=C(\CC)c1cn(C(=O)N(C)C2CCN(Cc3ccccc3)CC2)cn1)=NS(N)(=O)=O. The maximum Gasteiger partial charge on any atom is 0.329 e. The number of nitrogens with zero attached hydrogens (tertiary/aromatic N) is 5. The van der Waals surface area contributed by atoms with Gasteiger partial charge in [0.05, 0.1) is 11.4 Å². The van der Waals surface area contributed by atoms with Crippen LogP contribution in [0, 0.1) is 0 Å². The number of allylic oxidation sites excluding steroid dienone is 3. The number of hydrogen-bond donors (Lipinski definition) is 1. The van der Waals surface area contributed by atoms with Gasteiger partial charge in [0.15, 0.2) is 0 Å². The molecule has 0 saturated carbocycles. The second kappa shape index (κ2) is 11.4. The van der Waals surface area contributed by atoms with E-state index in [-0.39, 0.29) is 17.8 Å². The van der Waals surface area contributed by atoms with Crippen molar-refractivity contribution in [1.29, 1.82) is 0 Å². The van der Waals surface area contributed by atoms with Gasteiger partial charge in [0.1, 0.15) is 6.33 Å². The third kappa shape index (κ3) is 6.96. The Balaban J connectivity index is 1.64. The summed E-state index contributed by atoms with van der Waals surface area (Å²) in [5.41, 5.74) is 2.68. The average molecular weight is 485 g/mol. The normalized spacial score (nSPS) is 16.4. The summed E-state index contributed by atoms with van der Waals surface area (Å²) in [5.74, 6) is 0. The highest BCUT2D eigenvalue weighted by Crippen LogP contribution is 2.20. The Morgan fingerprint density at radius 1 is 1.29 bits per heavy atom. The van der Waals surface area contributed by atoms with Crippen molar-refractivity contribution in [2.45, 2.75) is 38.8 Å². The fraction of sp³-hybridized carbons (Fsp3) is 0.375. The lowest BCUT2D eigenvalue weighted by molar-refractivity contribution is 0.132. The van der Waals surface area contributed by atoms with E-state index in [1.165, 1.54) is 22.5 Å². The van der Waals surface area contributed by atoms with Crippen LogP contribution >= 0.6 is 0 Å². The molecule has 0 atom stereocenters. The Morgan fingerprint density at radius 2 is 1.97 bits per heavy atom. The van der Waals surface area contributed by atoms with Gasteiger partial charge in [-0.05, 0) is 42.6 Å². The average Bonchev–Trinajstić information content (AvgIpc) is 3.31. The molecule has 1 amide bonds. The molecule has 1 aliphatic heterocycles. The van der Waals surface area contributed by atoms with Gasteiger partial charge in [-0.3, -0.25) is 9.47 Å². The van der Waals surface area contributed by atoms with Crippen LogP contribution < -0.4 is 5.14 Å². The zero-order valence-corrected chi connectivity index (χ0v) is 20.5. The van der Waals surface area contributed by atoms with Gasteiger partial charge in [0.2, 0.25) is 0 Å². The van der Waals surface area contributed by atoms with E-state index in [4.69, 9.17) is 5.14 Å². The summed E-state index contributed by atoms with van der Waals surface area (Å²) in [5, 5.41) is 5.00. The molecule has 2 aromatic rings. The van der Waals surface area contributed by atoms with E-state index in [9.17, 15) is 13.2 Å². The molecular formula is C24H32N6O3S. The predicted octanol–water partition coefficient (Wildman–Crippen LogP) is 3.07. The van der Waals surface area contributed by atoms with Crippen molar-refractivity contribution in [2.24, 2.45) is 9.54 Å². The van der Waals surface area contributed by atoms with E-state index in [1.54, 1.807) is 17.2 Å². The van der Waals surface area contributed by atoms with Crippen molar-refractivity contribution in [3.8, 4) is 0 Å². The Kier molecular flexibility index (Phi) is 8.54. The van der Waals surface area contributed by atoms with Gasteiger partial charge in [0.25, 0.3) is 0 Å². The molecule has 10 heteroatoms. The monoisotopic (exact) mass is 484 g/mol. The summed E-state index contributed by atoms with van der Waals surface area (Å²) in [6.07, 6.45) is 8.36. The Labute approximate surface area is 201 Å². The summed E-state index contributed by atoms with van der Waals surface area (Å²) in [4.78, 5) is 21.6. The predicted molar refractivity (Wildman–Crippen MR) is 135 cm³/mol. The molecule has 1 aromatic heterocycles. The molecule has 1 saturated heterocycles. The topological polar surface area (TPSA) is 114 Å². The first-order chi connectivity index (χ1) is 16.2. The van der Waals surface area contributed by atoms with E-state index in [0.717, 1.165) is 32.5 Å². The van der Waals surface area contributed by atoms with E-state index in [0.29, 0.717) is 17.7 Å². The quantitative estimate of drug-likeness (QED) is 0.579. The molecule has 0 radical (unpaired) electrons. The Morgan fingerprint density at radius 3 is 2.56 bits per heavy atom. The van der Waals surface area contributed by atoms with Crippen LogP contribution in [0.2, 0.25) is 0 Å². The fourth-order valence-electron chi connectivity index (χ4n) is 4.04. The molecule has 0 aliphatic carbocycles. The minimum absolute atomic E-state index is 0.111. The summed E-state index contributed by atoms with van der Waals surface area (Å²) in [6, 6.07) is 10.4. The van der Waals surface area contributed by atoms with Crippen LogP contribution in [0.4, 0.5) is 4.79 Å². The number of aromatic nitrogens is 2. The van der Waals surface area contributed by atoms with Crippen LogP contribution in [0.5, 0.6) is 0 Å². The molecule has 182 valence electrons. The molecule has 0 spiro atoms. The van der Waals surface area contributed by atoms with Crippen molar-refractivity contribution >= 4 is 27.5 Å². The van der Waals surface area contributed by atoms with Crippen LogP contribution in [-0.4, -0.2) is 65.7 Å². The number of rotatable bonds is 8. The molecule has 2 N–H and O–H groups in total. The minimum atomic E-state index is -4.04. The molecular weight excluding hydrogens is 452 g/mol. The lowest BCUT2D eigenvalue weighted by Gasteiger charge is -2.36. The number of amides is 1. The number of imidazole rings is 1. The highest BCUT2D eigenvalue weighted by molar-refractivity contribution is 7.88. The second-order valence-electron chi connectivity index (χ2n) is 8.31. The summed E-state index contributed by atoms with van der Waals surface area (Å²) in [6.45, 7) is 8.27. The van der Waals surface area contributed by atoms with Crippen LogP contribution in [0.15, 0.2) is 66.0 Å². The van der Waals surface area contributed by atoms with Crippen molar-refractivity contribution < 1.29 is 13.2 Å². The van der Waals surface area contributed by atoms with Gasteiger partial charge in [-0.15, -0.1) is 0 Å². The number of likely N-dealkylation sites (tertiary alicyclic amines) is 1. The second-order valence-corrected chi connectivity index (χ2v) is 9.52. The van der Waals surface area contributed by atoms with Gasteiger partial charge >= 0.3 is 16.2 Å². The lowest BCUT2D eigenvalue weighted by atomic mass is 10.0. The van der Waals surface area contributed by atoms with Crippen molar-refractivity contribution in [3.63, 3.8) is 0 Å². The maximum atomic E-state index is 13.1. The zero-order chi connectivity index (χ0) is 24.7. The number of benzene rings is 1. The Bertz CT molecular complexity index is 1160. The number of nitrogens with two attached hydrogens (primary N) is 1. The van der Waals surface area contributed by atoms with E-state index in [1.807, 2.05) is 20.0 Å². The largest absolute Gasteiger partial charge is 0.329 e. The molecule has 3 rings (SSSR count). The van der Waals surface area contributed by atoms with E-state index in [2.05, 4.69) is 45.1 Å². The minimum Gasteiger partial charge on any atom is -0.324 e. The first-order valence-corrected chi connectivity index (χ1v) is 12.7. The molecule has 0 unspecified atom stereocenters. The molecule has 0 bridgehead atoms. The van der Waals surface area contributed by atoms with Gasteiger partial charge in [-0.1, -0.05) is 43.8 Å². The molecule has 1 fully saturated rings. The van der Waals surface area contributed by atoms with Gasteiger partial charge in [0, 0.05) is 38.9 Å². The molecule has 34 heavy (non-hydrogen) atoms. The van der Waals surface area contributed by atoms with Crippen molar-refractivity contribution in [1.82, 2.24) is 19.4 Å². The number of carbonyl (C=O) groups excluding carboxylic acids is 1. The van der Waals surface area contributed by atoms with Gasteiger partial charge in [-0.2, -0.15) is 12.8 Å².